The van der Waals surface area contributed by atoms with Gasteiger partial charge in [-0.05, 0) is 56.2 Å². The number of Topliss-reactive ketones (excluding diaryl/α,β-unsaturated/α-hetero) is 1. The fourth-order valence-corrected chi connectivity index (χ4v) is 5.71. The molecule has 2 aromatic rings. The predicted octanol–water partition coefficient (Wildman–Crippen LogP) is 3.80. The topological polar surface area (TPSA) is 101 Å². The van der Waals surface area contributed by atoms with Crippen molar-refractivity contribution in [3.8, 4) is 0 Å². The molecule has 2 aliphatic rings. The number of piperidine rings is 1. The molecule has 0 bridgehead atoms. The first-order chi connectivity index (χ1) is 16.8. The maximum atomic E-state index is 13.4. The molecule has 3 atom stereocenters. The van der Waals surface area contributed by atoms with E-state index in [-0.39, 0.29) is 30.2 Å². The summed E-state index contributed by atoms with van der Waals surface area (Å²) in [4.78, 5) is 44.4. The van der Waals surface area contributed by atoms with E-state index in [1.54, 1.807) is 19.1 Å². The largest absolute Gasteiger partial charge is 0.380 e. The van der Waals surface area contributed by atoms with Crippen LogP contribution in [0.15, 0.2) is 24.3 Å². The summed E-state index contributed by atoms with van der Waals surface area (Å²) < 4.78 is 18.8. The molecule has 2 aliphatic heterocycles. The number of amides is 3. The van der Waals surface area contributed by atoms with Crippen molar-refractivity contribution in [3.05, 3.63) is 46.2 Å². The molecule has 3 amide bonds. The van der Waals surface area contributed by atoms with E-state index in [0.29, 0.717) is 47.7 Å². The van der Waals surface area contributed by atoms with Crippen LogP contribution in [0.1, 0.15) is 47.1 Å². The lowest BCUT2D eigenvalue weighted by Crippen LogP contribution is -2.54. The molecule has 0 radical (unpaired) electrons. The van der Waals surface area contributed by atoms with Crippen molar-refractivity contribution in [1.29, 1.82) is 0 Å². The zero-order valence-corrected chi connectivity index (χ0v) is 20.8. The van der Waals surface area contributed by atoms with Crippen LogP contribution in [0.25, 0.3) is 0 Å². The van der Waals surface area contributed by atoms with Gasteiger partial charge < -0.3 is 15.0 Å². The number of carbonyl (C=O) groups excluding carboxylic acids is 3. The maximum Gasteiger partial charge on any atom is 0.321 e. The highest BCUT2D eigenvalue weighted by Gasteiger charge is 2.37. The second-order valence-electron chi connectivity index (χ2n) is 9.29. The molecular weight excluding hydrogens is 471 g/mol. The minimum absolute atomic E-state index is 0.0113. The number of rotatable bonds is 6. The number of nitrogens with zero attached hydrogens (tertiary/aromatic N) is 2. The van der Waals surface area contributed by atoms with Crippen molar-refractivity contribution in [1.82, 2.24) is 15.2 Å². The van der Waals surface area contributed by atoms with Gasteiger partial charge in [-0.25, -0.2) is 14.2 Å². The number of nitrogens with one attached hydrogen (secondary N) is 2. The number of hydrogen-bond acceptors (Lipinski definition) is 6. The van der Waals surface area contributed by atoms with Crippen molar-refractivity contribution in [2.45, 2.75) is 45.6 Å². The molecule has 0 aliphatic carbocycles. The standard InChI is InChI=1S/C25H31FN4O4S/c1-15-22(16(2)31)35-25(27-15)29-24(33)28-21-9-11-34-14-20(21)23(32)30-10-3-4-18(13-30)12-17-5-7-19(26)8-6-17/h5-8,18,20-21H,3-4,9-14H2,1-2H3,(H2,27,28,29,33)/t18-,20-,21+/m0/s1. The second kappa shape index (κ2) is 11.3. The number of hydrogen-bond donors (Lipinski definition) is 2. The zero-order valence-electron chi connectivity index (χ0n) is 20.0. The molecule has 2 N–H and O–H groups in total. The number of anilines is 1. The second-order valence-corrected chi connectivity index (χ2v) is 10.3. The van der Waals surface area contributed by atoms with Crippen LogP contribution in [-0.4, -0.2) is 60.0 Å². The fourth-order valence-electron chi connectivity index (χ4n) is 4.85. The monoisotopic (exact) mass is 502 g/mol. The molecule has 0 spiro atoms. The number of carbonyl (C=O) groups is 3. The molecule has 35 heavy (non-hydrogen) atoms. The van der Waals surface area contributed by atoms with E-state index in [2.05, 4.69) is 15.6 Å². The normalized spacial score (nSPS) is 22.5. The van der Waals surface area contributed by atoms with Gasteiger partial charge in [0.25, 0.3) is 0 Å². The lowest BCUT2D eigenvalue weighted by atomic mass is 9.89. The number of ketones is 1. The Labute approximate surface area is 208 Å². The van der Waals surface area contributed by atoms with Crippen LogP contribution >= 0.6 is 11.3 Å². The molecule has 1 aromatic carbocycles. The number of thiazole rings is 1. The Kier molecular flexibility index (Phi) is 8.12. The summed E-state index contributed by atoms with van der Waals surface area (Å²) in [6.07, 6.45) is 3.25. The first-order valence-corrected chi connectivity index (χ1v) is 12.8. The Morgan fingerprint density at radius 3 is 2.71 bits per heavy atom. The van der Waals surface area contributed by atoms with Crippen molar-refractivity contribution in [3.63, 3.8) is 0 Å². The third kappa shape index (κ3) is 6.43. The molecule has 4 rings (SSSR count). The van der Waals surface area contributed by atoms with Gasteiger partial charge in [-0.3, -0.25) is 14.9 Å². The van der Waals surface area contributed by atoms with Crippen LogP contribution in [0.2, 0.25) is 0 Å². The number of ether oxygens (including phenoxy) is 1. The minimum atomic E-state index is -0.468. The van der Waals surface area contributed by atoms with E-state index < -0.39 is 11.9 Å². The number of likely N-dealkylation sites (tertiary alicyclic amines) is 1. The van der Waals surface area contributed by atoms with E-state index in [1.165, 1.54) is 19.1 Å². The molecule has 1 aromatic heterocycles. The van der Waals surface area contributed by atoms with Crippen molar-refractivity contribution < 1.29 is 23.5 Å². The Bertz CT molecular complexity index is 1070. The highest BCUT2D eigenvalue weighted by Crippen LogP contribution is 2.26. The van der Waals surface area contributed by atoms with Gasteiger partial charge >= 0.3 is 6.03 Å². The van der Waals surface area contributed by atoms with E-state index in [0.717, 1.165) is 36.2 Å². The lowest BCUT2D eigenvalue weighted by Gasteiger charge is -2.38. The third-order valence-electron chi connectivity index (χ3n) is 6.60. The maximum absolute atomic E-state index is 13.4. The molecule has 188 valence electrons. The zero-order chi connectivity index (χ0) is 24.9. The van der Waals surface area contributed by atoms with Gasteiger partial charge in [-0.1, -0.05) is 23.5 Å². The molecule has 0 unspecified atom stereocenters. The van der Waals surface area contributed by atoms with Crippen molar-refractivity contribution in [2.75, 3.05) is 31.6 Å². The summed E-state index contributed by atoms with van der Waals surface area (Å²) in [7, 11) is 0. The number of benzene rings is 1. The number of halogens is 1. The Morgan fingerprint density at radius 1 is 1.23 bits per heavy atom. The molecule has 2 saturated heterocycles. The average Bonchev–Trinajstić information content (AvgIpc) is 3.20. The third-order valence-corrected chi connectivity index (χ3v) is 7.77. The van der Waals surface area contributed by atoms with Gasteiger partial charge in [0, 0.05) is 32.7 Å². The first-order valence-electron chi connectivity index (χ1n) is 12.0. The summed E-state index contributed by atoms with van der Waals surface area (Å²) in [6.45, 7) is 5.23. The number of aryl methyl sites for hydroxylation is 1. The fraction of sp³-hybridized carbons (Fsp3) is 0.520. The Morgan fingerprint density at radius 2 is 2.00 bits per heavy atom. The average molecular weight is 503 g/mol. The molecule has 3 heterocycles. The van der Waals surface area contributed by atoms with Crippen LogP contribution in [-0.2, 0) is 16.0 Å². The van der Waals surface area contributed by atoms with Crippen molar-refractivity contribution in [2.24, 2.45) is 11.8 Å². The van der Waals surface area contributed by atoms with E-state index in [9.17, 15) is 18.8 Å². The van der Waals surface area contributed by atoms with Gasteiger partial charge in [-0.15, -0.1) is 0 Å². The van der Waals surface area contributed by atoms with Crippen LogP contribution in [0.4, 0.5) is 14.3 Å². The highest BCUT2D eigenvalue weighted by molar-refractivity contribution is 7.17. The van der Waals surface area contributed by atoms with Gasteiger partial charge in [0.2, 0.25) is 5.91 Å². The molecular formula is C25H31FN4O4S. The number of aromatic nitrogens is 1. The summed E-state index contributed by atoms with van der Waals surface area (Å²) in [6, 6.07) is 5.72. The minimum Gasteiger partial charge on any atom is -0.380 e. The number of urea groups is 1. The summed E-state index contributed by atoms with van der Waals surface area (Å²) in [5, 5.41) is 5.96. The SMILES string of the molecule is CC(=O)c1sc(NC(=O)N[C@@H]2CCOC[C@@H]2C(=O)N2CCC[C@@H](Cc3ccc(F)cc3)C2)nc1C. The Balaban J connectivity index is 1.36. The van der Waals surface area contributed by atoms with Crippen LogP contribution in [0.5, 0.6) is 0 Å². The summed E-state index contributed by atoms with van der Waals surface area (Å²) in [5.74, 6) is -0.519. The van der Waals surface area contributed by atoms with Crippen molar-refractivity contribution >= 4 is 34.2 Å². The highest BCUT2D eigenvalue weighted by atomic mass is 32.1. The predicted molar refractivity (Wildman–Crippen MR) is 131 cm³/mol. The van der Waals surface area contributed by atoms with E-state index in [4.69, 9.17) is 4.74 Å². The molecule has 2 fully saturated rings. The van der Waals surface area contributed by atoms with Gasteiger partial charge in [0.05, 0.1) is 23.1 Å². The van der Waals surface area contributed by atoms with Gasteiger partial charge in [-0.2, -0.15) is 0 Å². The summed E-state index contributed by atoms with van der Waals surface area (Å²) >= 11 is 1.14. The van der Waals surface area contributed by atoms with Crippen LogP contribution in [0.3, 0.4) is 0 Å². The quantitative estimate of drug-likeness (QED) is 0.586. The molecule has 0 saturated carbocycles. The van der Waals surface area contributed by atoms with Crippen LogP contribution < -0.4 is 10.6 Å². The smallest absolute Gasteiger partial charge is 0.321 e. The Hall–Kier alpha value is -2.85. The molecule has 8 nitrogen and oxygen atoms in total. The van der Waals surface area contributed by atoms with Gasteiger partial charge in [0.15, 0.2) is 10.9 Å². The van der Waals surface area contributed by atoms with E-state index >= 15 is 0 Å². The lowest BCUT2D eigenvalue weighted by molar-refractivity contribution is -0.142. The molecule has 10 heteroatoms. The van der Waals surface area contributed by atoms with Gasteiger partial charge in [0.1, 0.15) is 5.82 Å². The van der Waals surface area contributed by atoms with E-state index in [1.807, 2.05) is 4.90 Å². The summed E-state index contributed by atoms with van der Waals surface area (Å²) in [5.41, 5.74) is 1.64. The first kappa shape index (κ1) is 25.2. The van der Waals surface area contributed by atoms with Crippen LogP contribution in [0, 0.1) is 24.6 Å².